The number of sulfonamides is 1. The summed E-state index contributed by atoms with van der Waals surface area (Å²) in [4.78, 5) is 0.169. The number of para-hydroxylation sites is 1. The molecule has 2 aromatic rings. The summed E-state index contributed by atoms with van der Waals surface area (Å²) in [6.07, 6.45) is 0. The molecule has 0 atom stereocenters. The lowest BCUT2D eigenvalue weighted by atomic mass is 10.3. The van der Waals surface area contributed by atoms with Gasteiger partial charge < -0.3 is 9.73 Å². The minimum absolute atomic E-state index is 0.169. The topological polar surface area (TPSA) is 71.3 Å². The van der Waals surface area contributed by atoms with Crippen molar-refractivity contribution in [2.75, 3.05) is 11.8 Å². The standard InChI is InChI=1S/C13H15IN2O3S/c1-9-13(7-10(19-9)8-15-2)20(17,18)16-12-6-4-3-5-11(12)14/h3-7,15-16H,8H2,1-2H3. The van der Waals surface area contributed by atoms with Crippen LogP contribution in [0.4, 0.5) is 5.69 Å². The van der Waals surface area contributed by atoms with E-state index in [-0.39, 0.29) is 4.90 Å². The Kier molecular flexibility index (Phi) is 4.71. The summed E-state index contributed by atoms with van der Waals surface area (Å²) in [6, 6.07) is 8.75. The first-order valence-electron chi connectivity index (χ1n) is 5.95. The van der Waals surface area contributed by atoms with E-state index in [1.165, 1.54) is 0 Å². The third kappa shape index (κ3) is 3.33. The Morgan fingerprint density at radius 2 is 2.00 bits per heavy atom. The fourth-order valence-corrected chi connectivity index (χ4v) is 3.79. The van der Waals surface area contributed by atoms with Crippen LogP contribution in [0.1, 0.15) is 11.5 Å². The summed E-state index contributed by atoms with van der Waals surface area (Å²) in [5.74, 6) is 0.974. The highest BCUT2D eigenvalue weighted by molar-refractivity contribution is 14.1. The van der Waals surface area contributed by atoms with Crippen LogP contribution in [0.2, 0.25) is 0 Å². The second-order valence-corrected chi connectivity index (χ2v) is 7.06. The Morgan fingerprint density at radius 3 is 2.65 bits per heavy atom. The first kappa shape index (κ1) is 15.3. The zero-order valence-electron chi connectivity index (χ0n) is 11.1. The third-order valence-corrected chi connectivity index (χ3v) is 5.10. The number of anilines is 1. The molecule has 0 saturated carbocycles. The lowest BCUT2D eigenvalue weighted by Gasteiger charge is -2.08. The molecule has 7 heteroatoms. The van der Waals surface area contributed by atoms with E-state index in [1.807, 2.05) is 12.1 Å². The van der Waals surface area contributed by atoms with Gasteiger partial charge in [-0.1, -0.05) is 12.1 Å². The van der Waals surface area contributed by atoms with Crippen molar-refractivity contribution >= 4 is 38.3 Å². The molecular formula is C13H15IN2O3S. The minimum atomic E-state index is -3.64. The predicted octanol–water partition coefficient (Wildman–Crippen LogP) is 2.71. The second-order valence-electron chi connectivity index (χ2n) is 4.25. The van der Waals surface area contributed by atoms with Crippen LogP contribution < -0.4 is 10.0 Å². The average Bonchev–Trinajstić information content (AvgIpc) is 2.74. The molecule has 0 aliphatic heterocycles. The Morgan fingerprint density at radius 1 is 1.30 bits per heavy atom. The normalized spacial score (nSPS) is 11.6. The van der Waals surface area contributed by atoms with Crippen molar-refractivity contribution in [1.82, 2.24) is 5.32 Å². The van der Waals surface area contributed by atoms with E-state index >= 15 is 0 Å². The predicted molar refractivity (Wildman–Crippen MR) is 86.2 cm³/mol. The molecule has 0 fully saturated rings. The molecule has 0 amide bonds. The van der Waals surface area contributed by atoms with Gasteiger partial charge in [0, 0.05) is 9.64 Å². The molecule has 20 heavy (non-hydrogen) atoms. The maximum absolute atomic E-state index is 12.4. The van der Waals surface area contributed by atoms with Crippen LogP contribution in [-0.2, 0) is 16.6 Å². The number of hydrogen-bond acceptors (Lipinski definition) is 4. The van der Waals surface area contributed by atoms with Gasteiger partial charge in [-0.25, -0.2) is 8.42 Å². The number of benzene rings is 1. The van der Waals surface area contributed by atoms with Crippen molar-refractivity contribution in [3.05, 3.63) is 45.4 Å². The summed E-state index contributed by atoms with van der Waals surface area (Å²) in [5, 5.41) is 2.92. The van der Waals surface area contributed by atoms with Crippen LogP contribution in [0.25, 0.3) is 0 Å². The molecule has 1 aromatic heterocycles. The molecule has 108 valence electrons. The second kappa shape index (κ2) is 6.15. The molecule has 0 unspecified atom stereocenters. The SMILES string of the molecule is CNCc1cc(S(=O)(=O)Nc2ccccc2I)c(C)o1. The zero-order chi connectivity index (χ0) is 14.8. The number of hydrogen-bond donors (Lipinski definition) is 2. The molecule has 0 saturated heterocycles. The number of nitrogens with one attached hydrogen (secondary N) is 2. The summed E-state index contributed by atoms with van der Waals surface area (Å²) in [5.41, 5.74) is 0.559. The van der Waals surface area contributed by atoms with Gasteiger partial charge >= 0.3 is 0 Å². The molecule has 1 heterocycles. The van der Waals surface area contributed by atoms with Gasteiger partial charge in [-0.15, -0.1) is 0 Å². The quantitative estimate of drug-likeness (QED) is 0.750. The van der Waals surface area contributed by atoms with Crippen LogP contribution in [0.3, 0.4) is 0 Å². The Labute approximate surface area is 131 Å². The first-order chi connectivity index (χ1) is 9.44. The monoisotopic (exact) mass is 406 g/mol. The summed E-state index contributed by atoms with van der Waals surface area (Å²) >= 11 is 2.09. The van der Waals surface area contributed by atoms with Crippen molar-refractivity contribution < 1.29 is 12.8 Å². The fourth-order valence-electron chi connectivity index (χ4n) is 1.80. The fraction of sp³-hybridized carbons (Fsp3) is 0.231. The molecule has 5 nitrogen and oxygen atoms in total. The van der Waals surface area contributed by atoms with E-state index < -0.39 is 10.0 Å². The van der Waals surface area contributed by atoms with Crippen molar-refractivity contribution in [3.8, 4) is 0 Å². The van der Waals surface area contributed by atoms with Gasteiger partial charge in [0.25, 0.3) is 10.0 Å². The van der Waals surface area contributed by atoms with Gasteiger partial charge in [-0.3, -0.25) is 4.72 Å². The van der Waals surface area contributed by atoms with Crippen molar-refractivity contribution in [2.45, 2.75) is 18.4 Å². The van der Waals surface area contributed by atoms with Crippen LogP contribution in [-0.4, -0.2) is 15.5 Å². The summed E-state index contributed by atoms with van der Waals surface area (Å²) in [7, 11) is -1.87. The van der Waals surface area contributed by atoms with E-state index in [4.69, 9.17) is 4.42 Å². The molecule has 0 spiro atoms. The van der Waals surface area contributed by atoms with Crippen molar-refractivity contribution in [2.24, 2.45) is 0 Å². The van der Waals surface area contributed by atoms with Gasteiger partial charge in [0.05, 0.1) is 12.2 Å². The molecule has 2 rings (SSSR count). The summed E-state index contributed by atoms with van der Waals surface area (Å²) in [6.45, 7) is 2.13. The lowest BCUT2D eigenvalue weighted by molar-refractivity contribution is 0.466. The molecule has 0 aliphatic carbocycles. The number of aryl methyl sites for hydroxylation is 1. The van der Waals surface area contributed by atoms with E-state index in [1.54, 1.807) is 32.2 Å². The largest absolute Gasteiger partial charge is 0.464 e. The lowest BCUT2D eigenvalue weighted by Crippen LogP contribution is -2.14. The maximum Gasteiger partial charge on any atom is 0.265 e. The first-order valence-corrected chi connectivity index (χ1v) is 8.51. The Bertz CT molecular complexity index is 710. The highest BCUT2D eigenvalue weighted by Gasteiger charge is 2.22. The Balaban J connectivity index is 2.33. The van der Waals surface area contributed by atoms with Gasteiger partial charge in [0.2, 0.25) is 0 Å². The molecule has 1 aromatic carbocycles. The van der Waals surface area contributed by atoms with Crippen LogP contribution in [0.5, 0.6) is 0 Å². The maximum atomic E-state index is 12.4. The van der Waals surface area contributed by atoms with Crippen LogP contribution in [0.15, 0.2) is 39.6 Å². The molecule has 0 aliphatic rings. The van der Waals surface area contributed by atoms with Crippen LogP contribution in [0, 0.1) is 10.5 Å². The molecular weight excluding hydrogens is 391 g/mol. The smallest absolute Gasteiger partial charge is 0.265 e. The van der Waals surface area contributed by atoms with Gasteiger partial charge in [-0.2, -0.15) is 0 Å². The van der Waals surface area contributed by atoms with Crippen molar-refractivity contribution in [3.63, 3.8) is 0 Å². The van der Waals surface area contributed by atoms with E-state index in [0.29, 0.717) is 23.8 Å². The number of furan rings is 1. The molecule has 2 N–H and O–H groups in total. The highest BCUT2D eigenvalue weighted by atomic mass is 127. The molecule has 0 bridgehead atoms. The molecule has 0 radical (unpaired) electrons. The number of halogens is 1. The van der Waals surface area contributed by atoms with Crippen molar-refractivity contribution in [1.29, 1.82) is 0 Å². The third-order valence-electron chi connectivity index (χ3n) is 2.68. The van der Waals surface area contributed by atoms with E-state index in [2.05, 4.69) is 32.6 Å². The average molecular weight is 406 g/mol. The Hall–Kier alpha value is -1.06. The summed E-state index contributed by atoms with van der Waals surface area (Å²) < 4.78 is 33.6. The zero-order valence-corrected chi connectivity index (χ0v) is 14.1. The van der Waals surface area contributed by atoms with Gasteiger partial charge in [0.1, 0.15) is 16.4 Å². The van der Waals surface area contributed by atoms with Gasteiger partial charge in [-0.05, 0) is 48.7 Å². The van der Waals surface area contributed by atoms with E-state index in [9.17, 15) is 8.42 Å². The van der Waals surface area contributed by atoms with Crippen LogP contribution >= 0.6 is 22.6 Å². The highest BCUT2D eigenvalue weighted by Crippen LogP contribution is 2.25. The number of rotatable bonds is 5. The van der Waals surface area contributed by atoms with E-state index in [0.717, 1.165) is 3.57 Å². The minimum Gasteiger partial charge on any atom is -0.464 e. The van der Waals surface area contributed by atoms with Gasteiger partial charge in [0.15, 0.2) is 0 Å².